The Morgan fingerprint density at radius 1 is 1.08 bits per heavy atom. The minimum Gasteiger partial charge on any atom is -0.486 e. The number of benzene rings is 2. The summed E-state index contributed by atoms with van der Waals surface area (Å²) in [6.07, 6.45) is 0. The van der Waals surface area contributed by atoms with Crippen LogP contribution < -0.4 is 36.1 Å². The number of hydrogen-bond donors (Lipinski definition) is 3. The number of aromatic nitrogens is 1. The maximum absolute atomic E-state index is 14.2. The van der Waals surface area contributed by atoms with E-state index in [-0.39, 0.29) is 29.4 Å². The number of nitrogen functional groups attached to an aromatic ring is 1. The van der Waals surface area contributed by atoms with E-state index in [9.17, 15) is 14.4 Å². The van der Waals surface area contributed by atoms with Gasteiger partial charge in [-0.15, -0.1) is 0 Å². The summed E-state index contributed by atoms with van der Waals surface area (Å²) < 4.78 is 20.5. The predicted molar refractivity (Wildman–Crippen MR) is 148 cm³/mol. The highest BCUT2D eigenvalue weighted by molar-refractivity contribution is 7.09. The van der Waals surface area contributed by atoms with E-state index >= 15 is 0 Å². The minimum absolute atomic E-state index is 0.0294. The summed E-state index contributed by atoms with van der Waals surface area (Å²) in [6.45, 7) is 1.23. The zero-order valence-electron chi connectivity index (χ0n) is 21.8. The second-order valence-electron chi connectivity index (χ2n) is 8.81. The Bertz CT molecular complexity index is 1360. The minimum atomic E-state index is -1.13. The van der Waals surface area contributed by atoms with Gasteiger partial charge >= 0.3 is 0 Å². The van der Waals surface area contributed by atoms with Gasteiger partial charge in [-0.05, 0) is 41.4 Å². The van der Waals surface area contributed by atoms with Crippen LogP contribution >= 0.6 is 11.5 Å². The zero-order valence-corrected chi connectivity index (χ0v) is 22.6. The van der Waals surface area contributed by atoms with Crippen LogP contribution in [-0.4, -0.2) is 69.7 Å². The number of ether oxygens (including phenoxy) is 3. The standard InChI is InChI=1S/C26H30N6O6S/c1-31(2)16-6-4-15(5-7-16)22(25(34)29-10-11-36-3)32(17-8-9-18-19(14-17)38-13-12-37-18)26(35)23-20(27)21(24(28)33)30-39-23/h4-9,14,22H,10-13,27H2,1-3H3,(H2,28,33)(H,29,34)/t22-/m0/s1. The van der Waals surface area contributed by atoms with Gasteiger partial charge < -0.3 is 35.9 Å². The van der Waals surface area contributed by atoms with Gasteiger partial charge in [0, 0.05) is 45.2 Å². The van der Waals surface area contributed by atoms with Gasteiger partial charge in [0.2, 0.25) is 5.91 Å². The summed E-state index contributed by atoms with van der Waals surface area (Å²) in [7, 11) is 5.33. The molecule has 0 fully saturated rings. The second kappa shape index (κ2) is 12.0. The quantitative estimate of drug-likeness (QED) is 0.317. The molecule has 0 saturated carbocycles. The fraction of sp³-hybridized carbons (Fsp3) is 0.308. The van der Waals surface area contributed by atoms with Crippen LogP contribution in [0.3, 0.4) is 0 Å². The van der Waals surface area contributed by atoms with E-state index in [1.54, 1.807) is 30.3 Å². The van der Waals surface area contributed by atoms with Crippen molar-refractivity contribution < 1.29 is 28.6 Å². The van der Waals surface area contributed by atoms with Gasteiger partial charge in [0.15, 0.2) is 17.2 Å². The largest absolute Gasteiger partial charge is 0.486 e. The lowest BCUT2D eigenvalue weighted by molar-refractivity contribution is -0.122. The van der Waals surface area contributed by atoms with E-state index in [0.717, 1.165) is 17.2 Å². The molecule has 0 unspecified atom stereocenters. The van der Waals surface area contributed by atoms with Crippen molar-refractivity contribution in [3.8, 4) is 11.5 Å². The Balaban J connectivity index is 1.87. The van der Waals surface area contributed by atoms with Gasteiger partial charge in [0.25, 0.3) is 11.8 Å². The van der Waals surface area contributed by atoms with E-state index in [1.807, 2.05) is 31.1 Å². The van der Waals surface area contributed by atoms with Gasteiger partial charge in [-0.25, -0.2) is 0 Å². The zero-order chi connectivity index (χ0) is 28.1. The first-order valence-corrected chi connectivity index (χ1v) is 12.8. The number of nitrogens with one attached hydrogen (secondary N) is 1. The SMILES string of the molecule is COCCNC(=O)[C@H](c1ccc(N(C)C)cc1)N(C(=O)c1snc(C(N)=O)c1N)c1ccc2c(c1)OCCO2. The van der Waals surface area contributed by atoms with Crippen molar-refractivity contribution in [2.24, 2.45) is 5.73 Å². The maximum Gasteiger partial charge on any atom is 0.273 e. The average molecular weight is 555 g/mol. The molecule has 2 heterocycles. The summed E-state index contributed by atoms with van der Waals surface area (Å²) in [5.41, 5.74) is 13.0. The number of anilines is 3. The third-order valence-corrected chi connectivity index (χ3v) is 6.87. The van der Waals surface area contributed by atoms with Gasteiger partial charge in [-0.1, -0.05) is 12.1 Å². The van der Waals surface area contributed by atoms with Crippen molar-refractivity contribution in [1.29, 1.82) is 0 Å². The monoisotopic (exact) mass is 554 g/mol. The molecule has 1 atom stereocenters. The highest BCUT2D eigenvalue weighted by Gasteiger charge is 2.36. The fourth-order valence-electron chi connectivity index (χ4n) is 4.05. The molecule has 3 aromatic rings. The van der Waals surface area contributed by atoms with E-state index in [1.165, 1.54) is 12.0 Å². The predicted octanol–water partition coefficient (Wildman–Crippen LogP) is 1.81. The summed E-state index contributed by atoms with van der Waals surface area (Å²) in [5.74, 6) is -1.01. The number of carbonyl (C=O) groups is 3. The Morgan fingerprint density at radius 3 is 2.36 bits per heavy atom. The van der Waals surface area contributed by atoms with Crippen LogP contribution in [0.1, 0.15) is 31.8 Å². The highest BCUT2D eigenvalue weighted by atomic mass is 32.1. The molecule has 2 aromatic carbocycles. The van der Waals surface area contributed by atoms with Crippen molar-refractivity contribution in [2.45, 2.75) is 6.04 Å². The molecule has 0 bridgehead atoms. The van der Waals surface area contributed by atoms with E-state index < -0.39 is 23.8 Å². The molecule has 0 spiro atoms. The Hall–Kier alpha value is -4.36. The van der Waals surface area contributed by atoms with E-state index in [4.69, 9.17) is 25.7 Å². The third-order valence-electron chi connectivity index (χ3n) is 6.02. The van der Waals surface area contributed by atoms with E-state index in [0.29, 0.717) is 36.0 Å². The van der Waals surface area contributed by atoms with Gasteiger partial charge in [0.1, 0.15) is 24.1 Å². The normalized spacial score (nSPS) is 12.9. The van der Waals surface area contributed by atoms with Crippen LogP contribution in [-0.2, 0) is 9.53 Å². The smallest absolute Gasteiger partial charge is 0.273 e. The summed E-state index contributed by atoms with van der Waals surface area (Å²) in [4.78, 5) is 42.9. The molecule has 0 saturated heterocycles. The average Bonchev–Trinajstić information content (AvgIpc) is 3.32. The lowest BCUT2D eigenvalue weighted by atomic mass is 10.0. The molecule has 1 aliphatic rings. The Labute approximate surface area is 229 Å². The summed E-state index contributed by atoms with van der Waals surface area (Å²) >= 11 is 0.735. The van der Waals surface area contributed by atoms with Gasteiger partial charge in [-0.3, -0.25) is 19.3 Å². The molecule has 3 amide bonds. The molecule has 0 radical (unpaired) electrons. The van der Waals surface area contributed by atoms with Gasteiger partial charge in [-0.2, -0.15) is 4.37 Å². The number of carbonyl (C=O) groups excluding carboxylic acids is 3. The number of rotatable bonds is 10. The second-order valence-corrected chi connectivity index (χ2v) is 9.59. The number of nitrogens with two attached hydrogens (primary N) is 2. The van der Waals surface area contributed by atoms with Crippen molar-refractivity contribution in [3.05, 3.63) is 58.6 Å². The van der Waals surface area contributed by atoms with Crippen molar-refractivity contribution in [2.75, 3.05) is 63.1 Å². The molecular formula is C26H30N6O6S. The molecule has 206 valence electrons. The molecule has 39 heavy (non-hydrogen) atoms. The Morgan fingerprint density at radius 2 is 1.74 bits per heavy atom. The van der Waals surface area contributed by atoms with Crippen molar-refractivity contribution in [3.63, 3.8) is 0 Å². The molecule has 12 nitrogen and oxygen atoms in total. The number of primary amides is 1. The van der Waals surface area contributed by atoms with Crippen molar-refractivity contribution >= 4 is 46.3 Å². The van der Waals surface area contributed by atoms with Crippen LogP contribution in [0.5, 0.6) is 11.5 Å². The van der Waals surface area contributed by atoms with Crippen LogP contribution in [0.2, 0.25) is 0 Å². The van der Waals surface area contributed by atoms with Crippen LogP contribution in [0.15, 0.2) is 42.5 Å². The number of fused-ring (bicyclic) bond motifs is 1. The molecule has 1 aliphatic heterocycles. The third kappa shape index (κ3) is 5.89. The number of nitrogens with zero attached hydrogens (tertiary/aromatic N) is 3. The lowest BCUT2D eigenvalue weighted by Crippen LogP contribution is -2.44. The number of amides is 3. The molecule has 0 aliphatic carbocycles. The number of methoxy groups -OCH3 is 1. The Kier molecular flexibility index (Phi) is 8.52. The summed E-state index contributed by atoms with van der Waals surface area (Å²) in [6, 6.07) is 11.1. The van der Waals surface area contributed by atoms with Crippen LogP contribution in [0, 0.1) is 0 Å². The summed E-state index contributed by atoms with van der Waals surface area (Å²) in [5, 5.41) is 2.83. The first-order valence-electron chi connectivity index (χ1n) is 12.0. The van der Waals surface area contributed by atoms with E-state index in [2.05, 4.69) is 9.69 Å². The first kappa shape index (κ1) is 27.7. The molecule has 1 aromatic heterocycles. The first-order chi connectivity index (χ1) is 18.7. The lowest BCUT2D eigenvalue weighted by Gasteiger charge is -2.32. The maximum atomic E-state index is 14.2. The van der Waals surface area contributed by atoms with Crippen LogP contribution in [0.4, 0.5) is 17.1 Å². The fourth-order valence-corrected chi connectivity index (χ4v) is 4.79. The molecule has 4 rings (SSSR count). The number of hydrogen-bond acceptors (Lipinski definition) is 10. The van der Waals surface area contributed by atoms with Crippen molar-refractivity contribution in [1.82, 2.24) is 9.69 Å². The topological polar surface area (TPSA) is 162 Å². The molecule has 13 heteroatoms. The van der Waals surface area contributed by atoms with Gasteiger partial charge in [0.05, 0.1) is 12.3 Å². The molecular weight excluding hydrogens is 524 g/mol. The highest BCUT2D eigenvalue weighted by Crippen LogP contribution is 2.39. The molecule has 5 N–H and O–H groups in total. The van der Waals surface area contributed by atoms with Crippen LogP contribution in [0.25, 0.3) is 0 Å².